The largest absolute Gasteiger partial charge is 0.490 e. The fourth-order valence-electron chi connectivity index (χ4n) is 2.50. The Balaban J connectivity index is 2.16. The average Bonchev–Trinajstić information content (AvgIpc) is 2.71. The highest BCUT2D eigenvalue weighted by molar-refractivity contribution is 7.80. The number of thiocarbonyl (C=S) groups is 1. The van der Waals surface area contributed by atoms with Gasteiger partial charge in [-0.05, 0) is 25.2 Å². The predicted molar refractivity (Wildman–Crippen MR) is 99.9 cm³/mol. The minimum absolute atomic E-state index is 0.175. The number of rotatable bonds is 8. The predicted octanol–water partition coefficient (Wildman–Crippen LogP) is 0.658. The lowest BCUT2D eigenvalue weighted by Gasteiger charge is -2.35. The summed E-state index contributed by atoms with van der Waals surface area (Å²) in [6.07, 6.45) is -2.03. The highest BCUT2D eigenvalue weighted by Gasteiger charge is 2.66. The maximum absolute atomic E-state index is 15.1. The number of nitrogens with zero attached hydrogens (tertiary/aromatic N) is 1. The molecule has 14 nitrogen and oxygen atoms in total. The van der Waals surface area contributed by atoms with Gasteiger partial charge in [0.1, 0.15) is 6.61 Å². The van der Waals surface area contributed by atoms with Gasteiger partial charge in [0.2, 0.25) is 0 Å². The number of alkyl halides is 2. The zero-order valence-electron chi connectivity index (χ0n) is 15.3. The summed E-state index contributed by atoms with van der Waals surface area (Å²) in [5.74, 6) is -3.50. The van der Waals surface area contributed by atoms with E-state index >= 15 is 8.78 Å². The van der Waals surface area contributed by atoms with E-state index in [-0.39, 0.29) is 5.11 Å². The summed E-state index contributed by atoms with van der Waals surface area (Å²) >= 11 is 4.96. The van der Waals surface area contributed by atoms with Gasteiger partial charge in [-0.15, -0.1) is 0 Å². The number of allylic oxidation sites excluding steroid dienone is 1. The first-order valence-corrected chi connectivity index (χ1v) is 12.7. The second-order valence-corrected chi connectivity index (χ2v) is 11.2. The van der Waals surface area contributed by atoms with Gasteiger partial charge < -0.3 is 34.7 Å². The highest BCUT2D eigenvalue weighted by atomic mass is 32.1. The van der Waals surface area contributed by atoms with Gasteiger partial charge in [0.15, 0.2) is 23.1 Å². The molecule has 20 heteroatoms. The molecule has 2 heterocycles. The maximum atomic E-state index is 15.1. The van der Waals surface area contributed by atoms with Gasteiger partial charge in [0, 0.05) is 11.9 Å². The van der Waals surface area contributed by atoms with E-state index in [0.717, 1.165) is 11.8 Å². The minimum atomic E-state index is -5.86. The molecule has 0 aliphatic carbocycles. The van der Waals surface area contributed by atoms with Crippen LogP contribution in [0.3, 0.4) is 0 Å². The zero-order valence-corrected chi connectivity index (χ0v) is 18.8. The second kappa shape index (κ2) is 8.61. The number of phosphoric acid groups is 3. The van der Waals surface area contributed by atoms with E-state index in [1.807, 2.05) is 0 Å². The molecule has 2 aliphatic rings. The van der Waals surface area contributed by atoms with Crippen molar-refractivity contribution in [2.24, 2.45) is 0 Å². The zero-order chi connectivity index (χ0) is 24.0. The van der Waals surface area contributed by atoms with E-state index in [4.69, 9.17) is 31.6 Å². The molecule has 2 rings (SSSR count). The lowest BCUT2D eigenvalue weighted by Crippen LogP contribution is -2.53. The SMILES string of the molecule is C=C1C=CN([C@@H]2O[C@](F)(COP(=O)(O)OP(=O)(O)OP(=O)(O)O)C(O)[C@@]2(C)F)C(=S)N1. The van der Waals surface area contributed by atoms with E-state index in [2.05, 4.69) is 25.0 Å². The van der Waals surface area contributed by atoms with E-state index in [1.165, 1.54) is 12.3 Å². The third-order valence-corrected chi connectivity index (χ3v) is 7.86. The lowest BCUT2D eigenvalue weighted by atomic mass is 9.97. The van der Waals surface area contributed by atoms with Crippen LogP contribution in [0, 0.1) is 0 Å². The molecular weight excluding hydrogens is 515 g/mol. The van der Waals surface area contributed by atoms with Crippen LogP contribution >= 0.6 is 35.7 Å². The van der Waals surface area contributed by atoms with Gasteiger partial charge in [-0.2, -0.15) is 8.62 Å². The number of hydrogen-bond donors (Lipinski definition) is 6. The molecule has 0 aromatic rings. The molecule has 1 fully saturated rings. The molecule has 0 spiro atoms. The van der Waals surface area contributed by atoms with Gasteiger partial charge in [-0.25, -0.2) is 22.5 Å². The Hall–Kier alpha value is -0.640. The lowest BCUT2D eigenvalue weighted by molar-refractivity contribution is -0.204. The van der Waals surface area contributed by atoms with Crippen molar-refractivity contribution >= 4 is 40.8 Å². The van der Waals surface area contributed by atoms with Crippen molar-refractivity contribution in [2.75, 3.05) is 6.61 Å². The van der Waals surface area contributed by atoms with E-state index in [0.29, 0.717) is 5.70 Å². The van der Waals surface area contributed by atoms with Crippen LogP contribution in [0.2, 0.25) is 0 Å². The number of hydrogen-bond acceptors (Lipinski definition) is 9. The first-order valence-electron chi connectivity index (χ1n) is 7.76. The molecule has 0 amide bonds. The summed E-state index contributed by atoms with van der Waals surface area (Å²) in [5, 5.41) is 12.4. The molecule has 178 valence electrons. The van der Waals surface area contributed by atoms with Gasteiger partial charge >= 0.3 is 23.5 Å². The number of halogens is 2. The summed E-state index contributed by atoms with van der Waals surface area (Å²) in [5.41, 5.74) is -2.55. The van der Waals surface area contributed by atoms with Crippen LogP contribution < -0.4 is 5.32 Å². The van der Waals surface area contributed by atoms with E-state index in [9.17, 15) is 23.7 Å². The first-order chi connectivity index (χ1) is 13.8. The smallest absolute Gasteiger partial charge is 0.384 e. The van der Waals surface area contributed by atoms with Crippen molar-refractivity contribution in [2.45, 2.75) is 30.8 Å². The first kappa shape index (κ1) is 26.6. The Morgan fingerprint density at radius 2 is 1.84 bits per heavy atom. The molecule has 2 aliphatic heterocycles. The third-order valence-electron chi connectivity index (χ3n) is 3.76. The standard InChI is InChI=1S/C11H17F2N2O12P3S/c1-6-3-4-15(9(31)14-6)8-10(2,12)7(16)11(13,25-8)5-24-29(20,21)27-30(22,23)26-28(17,18)19/h3-4,7-8,16H,1,5H2,2H3,(H,14,31)(H,20,21)(H,22,23)(H2,17,18,19)/t7?,8-,10-,11-/m1/s1. The van der Waals surface area contributed by atoms with Crippen LogP contribution in [0.25, 0.3) is 0 Å². The van der Waals surface area contributed by atoms with Crippen LogP contribution in [0.1, 0.15) is 6.92 Å². The molecule has 0 radical (unpaired) electrons. The Morgan fingerprint density at radius 1 is 1.26 bits per heavy atom. The van der Waals surface area contributed by atoms with Gasteiger partial charge in [0.05, 0.1) is 0 Å². The summed E-state index contributed by atoms with van der Waals surface area (Å²) in [7, 11) is -17.2. The van der Waals surface area contributed by atoms with Crippen LogP contribution in [0.4, 0.5) is 8.78 Å². The Bertz CT molecular complexity index is 943. The second-order valence-electron chi connectivity index (χ2n) is 6.35. The van der Waals surface area contributed by atoms with Crippen molar-refractivity contribution in [3.05, 3.63) is 24.6 Å². The van der Waals surface area contributed by atoms with Crippen molar-refractivity contribution in [3.8, 4) is 0 Å². The van der Waals surface area contributed by atoms with Gasteiger partial charge in [0.25, 0.3) is 5.85 Å². The van der Waals surface area contributed by atoms with E-state index in [1.54, 1.807) is 0 Å². The molecule has 31 heavy (non-hydrogen) atoms. The average molecular weight is 532 g/mol. The monoisotopic (exact) mass is 532 g/mol. The Morgan fingerprint density at radius 3 is 2.35 bits per heavy atom. The summed E-state index contributed by atoms with van der Waals surface area (Å²) in [4.78, 5) is 36.3. The maximum Gasteiger partial charge on any atom is 0.490 e. The van der Waals surface area contributed by atoms with Crippen molar-refractivity contribution in [1.29, 1.82) is 0 Å². The number of ether oxygens (including phenoxy) is 1. The summed E-state index contributed by atoms with van der Waals surface area (Å²) < 4.78 is 79.7. The summed E-state index contributed by atoms with van der Waals surface area (Å²) in [6.45, 7) is 2.57. The quantitative estimate of drug-likeness (QED) is 0.188. The Labute approximate surface area is 178 Å². The molecule has 6 N–H and O–H groups in total. The van der Waals surface area contributed by atoms with Gasteiger partial charge in [-0.3, -0.25) is 9.42 Å². The van der Waals surface area contributed by atoms with Crippen LogP contribution in [-0.2, 0) is 31.6 Å². The molecule has 1 saturated heterocycles. The van der Waals surface area contributed by atoms with E-state index < -0.39 is 53.9 Å². The van der Waals surface area contributed by atoms with Gasteiger partial charge in [-0.1, -0.05) is 6.58 Å². The molecule has 0 saturated carbocycles. The van der Waals surface area contributed by atoms with Crippen molar-refractivity contribution in [1.82, 2.24) is 10.2 Å². The molecule has 0 aromatic heterocycles. The number of nitrogens with one attached hydrogen (secondary N) is 1. The molecule has 0 bridgehead atoms. The third kappa shape index (κ3) is 6.45. The summed E-state index contributed by atoms with van der Waals surface area (Å²) in [6, 6.07) is 0. The number of phosphoric ester groups is 1. The number of aliphatic hydroxyl groups is 1. The molecule has 0 aromatic carbocycles. The topological polar surface area (TPSA) is 205 Å². The highest BCUT2D eigenvalue weighted by Crippen LogP contribution is 2.66. The van der Waals surface area contributed by atoms with Crippen molar-refractivity contribution < 1.29 is 65.0 Å². The van der Waals surface area contributed by atoms with Crippen LogP contribution in [0.5, 0.6) is 0 Å². The molecule has 6 atom stereocenters. The molecular formula is C11H17F2N2O12P3S. The van der Waals surface area contributed by atoms with Crippen molar-refractivity contribution in [3.63, 3.8) is 0 Å². The fourth-order valence-corrected chi connectivity index (χ4v) is 5.82. The Kier molecular flexibility index (Phi) is 7.39. The number of aliphatic hydroxyl groups excluding tert-OH is 1. The van der Waals surface area contributed by atoms with Crippen LogP contribution in [0.15, 0.2) is 24.6 Å². The molecule has 3 unspecified atom stereocenters. The minimum Gasteiger partial charge on any atom is -0.384 e. The fraction of sp³-hybridized carbons (Fsp3) is 0.545. The van der Waals surface area contributed by atoms with Crippen LogP contribution in [-0.4, -0.2) is 65.2 Å². The normalized spacial score (nSPS) is 35.5.